The lowest BCUT2D eigenvalue weighted by Crippen LogP contribution is -2.07. The summed E-state index contributed by atoms with van der Waals surface area (Å²) in [5, 5.41) is 6.93. The number of benzene rings is 11. The van der Waals surface area contributed by atoms with E-state index < -0.39 is 0 Å². The molecule has 4 aromatic heterocycles. The van der Waals surface area contributed by atoms with Crippen molar-refractivity contribution < 1.29 is 0 Å². The molecular weight excluding hydrogens is 913 g/mol. The summed E-state index contributed by atoms with van der Waals surface area (Å²) in [4.78, 5) is 16.3. The zero-order valence-electron chi connectivity index (χ0n) is 40.6. The topological polar surface area (TPSA) is 53.5 Å². The first-order valence-electron chi connectivity index (χ1n) is 25.4. The predicted octanol–water partition coefficient (Wildman–Crippen LogP) is 17.5. The summed E-state index contributed by atoms with van der Waals surface area (Å²) in [5.41, 5.74) is 17.2. The Balaban J connectivity index is 1.03. The quantitative estimate of drug-likeness (QED) is 0.152. The standard InChI is InChI=1S/C69H44N6/c1-4-18-45(19-5-1)48-34-36-49(37-35-48)67-70-68(52-26-16-24-50(42-52)46-20-6-2-7-21-46)72-69(71-67)75-63-33-15-12-30-57(63)58-39-40-59-60-44-54(73-61-31-13-10-28-55(61)56-29-11-14-32-62(56)73)38-41-64(60)74(65(59)66(58)75)53-27-17-25-51(43-53)47-22-8-3-9-23-47/h1-44H. The Morgan fingerprint density at radius 1 is 0.213 bits per heavy atom. The highest BCUT2D eigenvalue weighted by atomic mass is 15.2. The van der Waals surface area contributed by atoms with Gasteiger partial charge in [-0.2, -0.15) is 9.97 Å². The molecule has 0 radical (unpaired) electrons. The van der Waals surface area contributed by atoms with Gasteiger partial charge in [0.15, 0.2) is 11.6 Å². The normalized spacial score (nSPS) is 11.7. The molecule has 0 saturated heterocycles. The SMILES string of the molecule is c1ccc(-c2ccc(-c3nc(-c4cccc(-c5ccccc5)c4)nc(-n4c5ccccc5c5ccc6c7cc(-n8c9ccccc9c9ccccc98)ccc7n(-c7cccc(-c8ccccc8)c7)c6c54)n3)cc2)cc1. The third kappa shape index (κ3) is 6.99. The Hall–Kier alpha value is -10.2. The van der Waals surface area contributed by atoms with Gasteiger partial charge in [-0.05, 0) is 88.0 Å². The molecule has 0 bridgehead atoms. The van der Waals surface area contributed by atoms with Crippen LogP contribution in [0.4, 0.5) is 0 Å². The van der Waals surface area contributed by atoms with Crippen LogP contribution in [0.3, 0.4) is 0 Å². The van der Waals surface area contributed by atoms with Crippen LogP contribution in [0.1, 0.15) is 0 Å². The average molecular weight is 957 g/mol. The molecule has 0 fully saturated rings. The number of aromatic nitrogens is 6. The van der Waals surface area contributed by atoms with Crippen molar-refractivity contribution >= 4 is 65.4 Å². The van der Waals surface area contributed by atoms with Gasteiger partial charge in [0.1, 0.15) is 0 Å². The molecule has 11 aromatic carbocycles. The van der Waals surface area contributed by atoms with E-state index in [2.05, 4.69) is 268 Å². The van der Waals surface area contributed by atoms with E-state index in [0.717, 1.165) is 99.5 Å². The second-order valence-electron chi connectivity index (χ2n) is 19.2. The van der Waals surface area contributed by atoms with Crippen LogP contribution >= 0.6 is 0 Å². The first kappa shape index (κ1) is 42.5. The van der Waals surface area contributed by atoms with Crippen LogP contribution in [0.25, 0.3) is 139 Å². The van der Waals surface area contributed by atoms with Crippen LogP contribution in [0.5, 0.6) is 0 Å². The number of rotatable bonds is 8. The number of para-hydroxylation sites is 3. The molecule has 75 heavy (non-hydrogen) atoms. The molecule has 0 saturated carbocycles. The molecule has 0 unspecified atom stereocenters. The Morgan fingerprint density at radius 2 is 0.627 bits per heavy atom. The summed E-state index contributed by atoms with van der Waals surface area (Å²) < 4.78 is 7.15. The van der Waals surface area contributed by atoms with E-state index in [1.54, 1.807) is 0 Å². The van der Waals surface area contributed by atoms with Gasteiger partial charge < -0.3 is 9.13 Å². The minimum atomic E-state index is 0.534. The first-order valence-corrected chi connectivity index (χ1v) is 25.4. The molecule has 0 atom stereocenters. The number of fused-ring (bicyclic) bond motifs is 10. The minimum Gasteiger partial charge on any atom is -0.309 e. The molecule has 0 aliphatic heterocycles. The van der Waals surface area contributed by atoms with E-state index in [0.29, 0.717) is 17.6 Å². The molecule has 350 valence electrons. The van der Waals surface area contributed by atoms with Crippen LogP contribution in [0.15, 0.2) is 267 Å². The minimum absolute atomic E-state index is 0.534. The fourth-order valence-corrected chi connectivity index (χ4v) is 11.4. The smallest absolute Gasteiger partial charge is 0.238 e. The molecule has 0 spiro atoms. The van der Waals surface area contributed by atoms with Crippen LogP contribution < -0.4 is 0 Å². The van der Waals surface area contributed by atoms with Crippen molar-refractivity contribution in [2.75, 3.05) is 0 Å². The highest BCUT2D eigenvalue weighted by molar-refractivity contribution is 6.24. The van der Waals surface area contributed by atoms with Crippen molar-refractivity contribution in [3.8, 4) is 73.5 Å². The molecule has 0 amide bonds. The zero-order valence-corrected chi connectivity index (χ0v) is 40.6. The van der Waals surface area contributed by atoms with Crippen molar-refractivity contribution in [1.29, 1.82) is 0 Å². The van der Waals surface area contributed by atoms with Crippen LogP contribution in [-0.4, -0.2) is 28.7 Å². The van der Waals surface area contributed by atoms with Gasteiger partial charge in [0.2, 0.25) is 5.95 Å². The maximum atomic E-state index is 5.52. The third-order valence-electron chi connectivity index (χ3n) is 14.9. The van der Waals surface area contributed by atoms with Gasteiger partial charge in [0.05, 0.1) is 33.1 Å². The molecular formula is C69H44N6. The van der Waals surface area contributed by atoms with Crippen LogP contribution in [0.2, 0.25) is 0 Å². The monoisotopic (exact) mass is 956 g/mol. The van der Waals surface area contributed by atoms with Gasteiger partial charge in [-0.15, -0.1) is 0 Å². The maximum Gasteiger partial charge on any atom is 0.238 e. The van der Waals surface area contributed by atoms with E-state index in [1.165, 1.54) is 21.8 Å². The Labute approximate surface area is 432 Å². The van der Waals surface area contributed by atoms with Crippen LogP contribution in [-0.2, 0) is 0 Å². The van der Waals surface area contributed by atoms with Crippen molar-refractivity contribution in [3.63, 3.8) is 0 Å². The highest BCUT2D eigenvalue weighted by Gasteiger charge is 2.25. The maximum absolute atomic E-state index is 5.52. The molecule has 0 aliphatic carbocycles. The van der Waals surface area contributed by atoms with Crippen molar-refractivity contribution in [3.05, 3.63) is 267 Å². The lowest BCUT2D eigenvalue weighted by atomic mass is 10.0. The van der Waals surface area contributed by atoms with Gasteiger partial charge in [-0.3, -0.25) is 4.57 Å². The summed E-state index contributed by atoms with van der Waals surface area (Å²) in [7, 11) is 0. The summed E-state index contributed by atoms with van der Waals surface area (Å²) >= 11 is 0. The Bertz CT molecular complexity index is 4630. The lowest BCUT2D eigenvalue weighted by molar-refractivity contribution is 0.953. The van der Waals surface area contributed by atoms with Gasteiger partial charge in [-0.1, -0.05) is 212 Å². The fourth-order valence-electron chi connectivity index (χ4n) is 11.4. The predicted molar refractivity (Wildman–Crippen MR) is 310 cm³/mol. The summed E-state index contributed by atoms with van der Waals surface area (Å²) in [6.07, 6.45) is 0. The molecule has 0 N–H and O–H groups in total. The van der Waals surface area contributed by atoms with Crippen LogP contribution in [0, 0.1) is 0 Å². The van der Waals surface area contributed by atoms with Crippen molar-refractivity contribution in [2.45, 2.75) is 0 Å². The van der Waals surface area contributed by atoms with E-state index in [9.17, 15) is 0 Å². The van der Waals surface area contributed by atoms with E-state index in [1.807, 2.05) is 12.1 Å². The molecule has 6 nitrogen and oxygen atoms in total. The summed E-state index contributed by atoms with van der Waals surface area (Å²) in [6, 6.07) is 95.3. The highest BCUT2D eigenvalue weighted by Crippen LogP contribution is 2.44. The molecule has 4 heterocycles. The third-order valence-corrected chi connectivity index (χ3v) is 14.9. The second-order valence-corrected chi connectivity index (χ2v) is 19.2. The molecule has 15 rings (SSSR count). The second kappa shape index (κ2) is 17.3. The number of nitrogens with zero attached hydrogens (tertiary/aromatic N) is 6. The fraction of sp³-hybridized carbons (Fsp3) is 0. The molecule has 0 aliphatic rings. The van der Waals surface area contributed by atoms with E-state index >= 15 is 0 Å². The summed E-state index contributed by atoms with van der Waals surface area (Å²) in [5.74, 6) is 1.71. The van der Waals surface area contributed by atoms with Crippen molar-refractivity contribution in [2.24, 2.45) is 0 Å². The largest absolute Gasteiger partial charge is 0.309 e. The van der Waals surface area contributed by atoms with E-state index in [4.69, 9.17) is 15.0 Å². The number of hydrogen-bond donors (Lipinski definition) is 0. The number of hydrogen-bond acceptors (Lipinski definition) is 3. The molecule has 6 heteroatoms. The Morgan fingerprint density at radius 3 is 1.25 bits per heavy atom. The molecule has 15 aromatic rings. The van der Waals surface area contributed by atoms with Gasteiger partial charge in [0, 0.05) is 54.8 Å². The Kier molecular flexibility index (Phi) is 9.78. The first-order chi connectivity index (χ1) is 37.2. The summed E-state index contributed by atoms with van der Waals surface area (Å²) in [6.45, 7) is 0. The van der Waals surface area contributed by atoms with Gasteiger partial charge in [0.25, 0.3) is 0 Å². The van der Waals surface area contributed by atoms with Crippen molar-refractivity contribution in [1.82, 2.24) is 28.7 Å². The van der Waals surface area contributed by atoms with Gasteiger partial charge in [-0.25, -0.2) is 4.98 Å². The average Bonchev–Trinajstić information content (AvgIpc) is 4.13. The van der Waals surface area contributed by atoms with Gasteiger partial charge >= 0.3 is 0 Å². The van der Waals surface area contributed by atoms with E-state index in [-0.39, 0.29) is 0 Å². The zero-order chi connectivity index (χ0) is 49.4. The lowest BCUT2D eigenvalue weighted by Gasteiger charge is -2.14.